The maximum Gasteiger partial charge on any atom is 0.227 e. The molecular formula is C24H30N2O2. The molecule has 4 nitrogen and oxygen atoms in total. The van der Waals surface area contributed by atoms with Gasteiger partial charge < -0.3 is 10.6 Å². The van der Waals surface area contributed by atoms with Gasteiger partial charge in [0.25, 0.3) is 0 Å². The molecule has 2 aromatic rings. The lowest BCUT2D eigenvalue weighted by atomic mass is 9.81. The number of carbonyl (C=O) groups is 2. The molecule has 3 rings (SSSR count). The highest BCUT2D eigenvalue weighted by molar-refractivity contribution is 5.93. The van der Waals surface area contributed by atoms with Crippen LogP contribution in [0.3, 0.4) is 0 Å². The van der Waals surface area contributed by atoms with E-state index in [-0.39, 0.29) is 23.7 Å². The molecule has 0 radical (unpaired) electrons. The molecule has 0 saturated heterocycles. The largest absolute Gasteiger partial charge is 0.352 e. The van der Waals surface area contributed by atoms with Crippen molar-refractivity contribution in [3.05, 3.63) is 64.7 Å². The highest BCUT2D eigenvalue weighted by Crippen LogP contribution is 2.30. The number of anilines is 1. The van der Waals surface area contributed by atoms with E-state index in [0.717, 1.165) is 42.5 Å². The van der Waals surface area contributed by atoms with Crippen molar-refractivity contribution < 1.29 is 9.59 Å². The van der Waals surface area contributed by atoms with E-state index in [2.05, 4.69) is 35.8 Å². The Kier molecular flexibility index (Phi) is 6.50. The number of rotatable bonds is 5. The topological polar surface area (TPSA) is 58.2 Å². The highest BCUT2D eigenvalue weighted by Gasteiger charge is 2.30. The standard InChI is InChI=1S/C24H30N2O2/c1-16-4-7-19(8-5-16)15-25-23(27)20-9-11-21(12-10-20)24(28)26-22-13-6-17(2)14-18(22)3/h4-8,13-14,20-21H,9-12,15H2,1-3H3,(H,25,27)(H,26,28). The first-order valence-corrected chi connectivity index (χ1v) is 10.1. The summed E-state index contributed by atoms with van der Waals surface area (Å²) in [5.41, 5.74) is 5.48. The van der Waals surface area contributed by atoms with Crippen LogP contribution < -0.4 is 10.6 Å². The number of benzene rings is 2. The van der Waals surface area contributed by atoms with Gasteiger partial charge in [0.2, 0.25) is 11.8 Å². The maximum absolute atomic E-state index is 12.6. The van der Waals surface area contributed by atoms with E-state index in [0.29, 0.717) is 6.54 Å². The zero-order valence-corrected chi connectivity index (χ0v) is 17.0. The van der Waals surface area contributed by atoms with Crippen LogP contribution in [0.15, 0.2) is 42.5 Å². The molecule has 1 aliphatic rings. The molecule has 148 valence electrons. The zero-order valence-electron chi connectivity index (χ0n) is 17.0. The molecule has 0 spiro atoms. The second-order valence-corrected chi connectivity index (χ2v) is 8.06. The van der Waals surface area contributed by atoms with Crippen LogP contribution in [0.5, 0.6) is 0 Å². The third kappa shape index (κ3) is 5.22. The van der Waals surface area contributed by atoms with E-state index >= 15 is 0 Å². The molecule has 0 heterocycles. The van der Waals surface area contributed by atoms with Gasteiger partial charge in [0.05, 0.1) is 0 Å². The summed E-state index contributed by atoms with van der Waals surface area (Å²) in [4.78, 5) is 25.1. The Balaban J connectivity index is 1.46. The number of carbonyl (C=O) groups excluding carboxylic acids is 2. The first-order valence-electron chi connectivity index (χ1n) is 10.1. The van der Waals surface area contributed by atoms with Gasteiger partial charge in [-0.3, -0.25) is 9.59 Å². The summed E-state index contributed by atoms with van der Waals surface area (Å²) in [5.74, 6) is 0.178. The maximum atomic E-state index is 12.6. The van der Waals surface area contributed by atoms with Crippen molar-refractivity contribution in [2.24, 2.45) is 11.8 Å². The summed E-state index contributed by atoms with van der Waals surface area (Å²) in [6.45, 7) is 6.67. The molecule has 2 N–H and O–H groups in total. The molecule has 28 heavy (non-hydrogen) atoms. The van der Waals surface area contributed by atoms with Crippen LogP contribution in [0.2, 0.25) is 0 Å². The summed E-state index contributed by atoms with van der Waals surface area (Å²) >= 11 is 0. The zero-order chi connectivity index (χ0) is 20.1. The number of hydrogen-bond acceptors (Lipinski definition) is 2. The predicted molar refractivity (Wildman–Crippen MR) is 113 cm³/mol. The summed E-state index contributed by atoms with van der Waals surface area (Å²) in [6, 6.07) is 14.3. The number of amides is 2. The number of hydrogen-bond donors (Lipinski definition) is 2. The van der Waals surface area contributed by atoms with Crippen LogP contribution in [0.25, 0.3) is 0 Å². The predicted octanol–water partition coefficient (Wildman–Crippen LogP) is 4.67. The Morgan fingerprint density at radius 1 is 0.821 bits per heavy atom. The monoisotopic (exact) mass is 378 g/mol. The lowest BCUT2D eigenvalue weighted by molar-refractivity contribution is -0.128. The van der Waals surface area contributed by atoms with Gasteiger partial charge in [0, 0.05) is 24.1 Å². The molecule has 0 unspecified atom stereocenters. The SMILES string of the molecule is Cc1ccc(CNC(=O)C2CCC(C(=O)Nc3ccc(C)cc3C)CC2)cc1. The highest BCUT2D eigenvalue weighted by atomic mass is 16.2. The molecule has 4 heteroatoms. The minimum Gasteiger partial charge on any atom is -0.352 e. The van der Waals surface area contributed by atoms with E-state index in [4.69, 9.17) is 0 Å². The van der Waals surface area contributed by atoms with E-state index < -0.39 is 0 Å². The molecule has 0 bridgehead atoms. The minimum absolute atomic E-state index is 0.00982. The fourth-order valence-corrected chi connectivity index (χ4v) is 3.85. The molecule has 1 aliphatic carbocycles. The van der Waals surface area contributed by atoms with Crippen molar-refractivity contribution in [2.75, 3.05) is 5.32 Å². The lowest BCUT2D eigenvalue weighted by Gasteiger charge is -2.27. The van der Waals surface area contributed by atoms with Crippen molar-refractivity contribution in [2.45, 2.75) is 53.0 Å². The Bertz CT molecular complexity index is 834. The van der Waals surface area contributed by atoms with Crippen molar-refractivity contribution in [1.29, 1.82) is 0 Å². The van der Waals surface area contributed by atoms with Crippen LogP contribution in [0, 0.1) is 32.6 Å². The van der Waals surface area contributed by atoms with Crippen LogP contribution in [0.1, 0.15) is 47.9 Å². The normalized spacial score (nSPS) is 19.1. The summed E-state index contributed by atoms with van der Waals surface area (Å²) in [7, 11) is 0. The number of aryl methyl sites for hydroxylation is 3. The minimum atomic E-state index is -0.0122. The van der Waals surface area contributed by atoms with Crippen LogP contribution in [-0.2, 0) is 16.1 Å². The van der Waals surface area contributed by atoms with Gasteiger partial charge in [-0.2, -0.15) is 0 Å². The molecule has 2 aromatic carbocycles. The molecular weight excluding hydrogens is 348 g/mol. The fourth-order valence-electron chi connectivity index (χ4n) is 3.85. The molecule has 0 aliphatic heterocycles. The summed E-state index contributed by atoms with van der Waals surface area (Å²) in [6.07, 6.45) is 3.06. The molecule has 0 aromatic heterocycles. The second kappa shape index (κ2) is 9.05. The van der Waals surface area contributed by atoms with Gasteiger partial charge in [0.1, 0.15) is 0 Å². The van der Waals surface area contributed by atoms with Gasteiger partial charge in [-0.1, -0.05) is 47.5 Å². The fraction of sp³-hybridized carbons (Fsp3) is 0.417. The quantitative estimate of drug-likeness (QED) is 0.794. The van der Waals surface area contributed by atoms with Crippen molar-refractivity contribution >= 4 is 17.5 Å². The van der Waals surface area contributed by atoms with Crippen LogP contribution in [0.4, 0.5) is 5.69 Å². The van der Waals surface area contributed by atoms with E-state index in [9.17, 15) is 9.59 Å². The Morgan fingerprint density at radius 2 is 1.39 bits per heavy atom. The Hall–Kier alpha value is -2.62. The van der Waals surface area contributed by atoms with E-state index in [1.54, 1.807) is 0 Å². The van der Waals surface area contributed by atoms with Crippen molar-refractivity contribution in [1.82, 2.24) is 5.32 Å². The number of nitrogens with one attached hydrogen (secondary N) is 2. The third-order valence-electron chi connectivity index (χ3n) is 5.70. The molecule has 1 fully saturated rings. The molecule has 0 atom stereocenters. The van der Waals surface area contributed by atoms with Crippen molar-refractivity contribution in [3.8, 4) is 0 Å². The van der Waals surface area contributed by atoms with Crippen LogP contribution in [-0.4, -0.2) is 11.8 Å². The Morgan fingerprint density at radius 3 is 2.00 bits per heavy atom. The van der Waals surface area contributed by atoms with Gasteiger partial charge in [-0.25, -0.2) is 0 Å². The van der Waals surface area contributed by atoms with Gasteiger partial charge in [-0.15, -0.1) is 0 Å². The van der Waals surface area contributed by atoms with E-state index in [1.807, 2.05) is 38.1 Å². The first-order chi connectivity index (χ1) is 13.4. The first kappa shape index (κ1) is 20.1. The van der Waals surface area contributed by atoms with E-state index in [1.165, 1.54) is 11.1 Å². The third-order valence-corrected chi connectivity index (χ3v) is 5.70. The summed E-state index contributed by atoms with van der Waals surface area (Å²) < 4.78 is 0. The smallest absolute Gasteiger partial charge is 0.227 e. The van der Waals surface area contributed by atoms with Crippen LogP contribution >= 0.6 is 0 Å². The van der Waals surface area contributed by atoms with Gasteiger partial charge in [0.15, 0.2) is 0 Å². The lowest BCUT2D eigenvalue weighted by Crippen LogP contribution is -2.35. The average molecular weight is 379 g/mol. The van der Waals surface area contributed by atoms with Gasteiger partial charge >= 0.3 is 0 Å². The molecule has 1 saturated carbocycles. The summed E-state index contributed by atoms with van der Waals surface area (Å²) in [5, 5.41) is 6.11. The van der Waals surface area contributed by atoms with Crippen molar-refractivity contribution in [3.63, 3.8) is 0 Å². The second-order valence-electron chi connectivity index (χ2n) is 8.06. The van der Waals surface area contributed by atoms with Gasteiger partial charge in [-0.05, 0) is 63.6 Å². The average Bonchev–Trinajstić information content (AvgIpc) is 2.69. The Labute approximate surface area is 167 Å². The molecule has 2 amide bonds.